The maximum atomic E-state index is 13.5. The molecule has 7 nitrogen and oxygen atoms in total. The number of carbonyl (C=O) groups is 1. The molecule has 0 saturated carbocycles. The summed E-state index contributed by atoms with van der Waals surface area (Å²) < 4.78 is 34.0. The minimum Gasteiger partial charge on any atom is -0.459 e. The van der Waals surface area contributed by atoms with Gasteiger partial charge in [-0.3, -0.25) is 4.79 Å². The lowest BCUT2D eigenvalue weighted by Crippen LogP contribution is -2.30. The highest BCUT2D eigenvalue weighted by Crippen LogP contribution is 2.27. The SMILES string of the molecule is Cc1ccc(S(=O)(=O)N(Cc2ccc(/C=N\NC(=O)C(C)C)o2)Cc2ccc(Cl)cc2Cl)cc1. The van der Waals surface area contributed by atoms with E-state index in [2.05, 4.69) is 10.5 Å². The van der Waals surface area contributed by atoms with Gasteiger partial charge in [-0.2, -0.15) is 9.41 Å². The van der Waals surface area contributed by atoms with Crippen molar-refractivity contribution in [1.29, 1.82) is 0 Å². The van der Waals surface area contributed by atoms with Crippen molar-refractivity contribution in [3.05, 3.63) is 87.3 Å². The number of hydrazone groups is 1. The largest absolute Gasteiger partial charge is 0.459 e. The number of sulfonamides is 1. The fraction of sp³-hybridized carbons (Fsp3) is 0.250. The average molecular weight is 522 g/mol. The van der Waals surface area contributed by atoms with Crippen LogP contribution >= 0.6 is 23.2 Å². The van der Waals surface area contributed by atoms with Gasteiger partial charge >= 0.3 is 0 Å². The Labute approximate surface area is 209 Å². The molecule has 1 N–H and O–H groups in total. The number of hydrogen-bond acceptors (Lipinski definition) is 5. The van der Waals surface area contributed by atoms with E-state index in [0.717, 1.165) is 5.56 Å². The van der Waals surface area contributed by atoms with Crippen LogP contribution in [0.3, 0.4) is 0 Å². The number of aryl methyl sites for hydroxylation is 1. The lowest BCUT2D eigenvalue weighted by atomic mass is 10.2. The third kappa shape index (κ3) is 6.70. The van der Waals surface area contributed by atoms with Gasteiger partial charge in [-0.15, -0.1) is 0 Å². The van der Waals surface area contributed by atoms with Crippen LogP contribution in [0.5, 0.6) is 0 Å². The third-order valence-corrected chi connectivity index (χ3v) is 7.32. The van der Waals surface area contributed by atoms with Gasteiger partial charge in [-0.05, 0) is 48.9 Å². The first-order chi connectivity index (χ1) is 16.1. The van der Waals surface area contributed by atoms with Crippen LogP contribution < -0.4 is 5.43 Å². The molecule has 0 aliphatic heterocycles. The molecule has 2 aromatic carbocycles. The van der Waals surface area contributed by atoms with E-state index in [1.54, 1.807) is 68.4 Å². The summed E-state index contributed by atoms with van der Waals surface area (Å²) in [6.07, 6.45) is 1.36. The van der Waals surface area contributed by atoms with E-state index in [9.17, 15) is 13.2 Å². The molecule has 180 valence electrons. The van der Waals surface area contributed by atoms with E-state index in [0.29, 0.717) is 27.1 Å². The Hall–Kier alpha value is -2.65. The van der Waals surface area contributed by atoms with Gasteiger partial charge in [0, 0.05) is 22.5 Å². The van der Waals surface area contributed by atoms with E-state index < -0.39 is 10.0 Å². The second-order valence-electron chi connectivity index (χ2n) is 8.01. The predicted molar refractivity (Wildman–Crippen MR) is 133 cm³/mol. The van der Waals surface area contributed by atoms with Crippen molar-refractivity contribution in [3.63, 3.8) is 0 Å². The first-order valence-corrected chi connectivity index (χ1v) is 12.7. The topological polar surface area (TPSA) is 92.0 Å². The van der Waals surface area contributed by atoms with E-state index >= 15 is 0 Å². The Morgan fingerprint density at radius 2 is 1.79 bits per heavy atom. The monoisotopic (exact) mass is 521 g/mol. The zero-order valence-electron chi connectivity index (χ0n) is 19.0. The number of rotatable bonds is 9. The van der Waals surface area contributed by atoms with E-state index in [-0.39, 0.29) is 29.8 Å². The summed E-state index contributed by atoms with van der Waals surface area (Å²) >= 11 is 12.3. The minimum absolute atomic E-state index is 0.0147. The van der Waals surface area contributed by atoms with Gasteiger partial charge < -0.3 is 4.42 Å². The maximum absolute atomic E-state index is 13.5. The zero-order chi connectivity index (χ0) is 24.9. The van der Waals surface area contributed by atoms with Gasteiger partial charge in [0.25, 0.3) is 0 Å². The van der Waals surface area contributed by atoms with E-state index in [1.807, 2.05) is 6.92 Å². The third-order valence-electron chi connectivity index (χ3n) is 4.93. The standard InChI is InChI=1S/C24H25Cl2N3O4S/c1-16(2)24(30)28-27-13-20-8-9-21(33-20)15-29(14-18-6-7-19(25)12-23(18)26)34(31,32)22-10-4-17(3)5-11-22/h4-13,16H,14-15H2,1-3H3,(H,28,30)/b27-13-. The van der Waals surface area contributed by atoms with Crippen LogP contribution in [0, 0.1) is 12.8 Å². The van der Waals surface area contributed by atoms with E-state index in [1.165, 1.54) is 10.5 Å². The van der Waals surface area contributed by atoms with Crippen molar-refractivity contribution < 1.29 is 17.6 Å². The Kier molecular flexibility index (Phi) is 8.54. The molecule has 0 aliphatic carbocycles. The van der Waals surface area contributed by atoms with Gasteiger partial charge in [0.2, 0.25) is 15.9 Å². The Morgan fingerprint density at radius 1 is 1.09 bits per heavy atom. The quantitative estimate of drug-likeness (QED) is 0.301. The molecule has 3 rings (SSSR count). The molecule has 0 aliphatic rings. The summed E-state index contributed by atoms with van der Waals surface area (Å²) in [6, 6.07) is 14.9. The molecular formula is C24H25Cl2N3O4S. The lowest BCUT2D eigenvalue weighted by molar-refractivity contribution is -0.123. The molecule has 0 saturated heterocycles. The fourth-order valence-electron chi connectivity index (χ4n) is 2.94. The van der Waals surface area contributed by atoms with Crippen LogP contribution in [0.2, 0.25) is 10.0 Å². The van der Waals surface area contributed by atoms with Gasteiger partial charge in [0.15, 0.2) is 0 Å². The first kappa shape index (κ1) is 26.0. The summed E-state index contributed by atoms with van der Waals surface area (Å²) in [5.74, 6) is 0.344. The van der Waals surface area contributed by atoms with Gasteiger partial charge in [0.05, 0.1) is 17.7 Å². The molecule has 0 fully saturated rings. The molecule has 34 heavy (non-hydrogen) atoms. The molecule has 1 amide bonds. The zero-order valence-corrected chi connectivity index (χ0v) is 21.3. The number of amides is 1. The highest BCUT2D eigenvalue weighted by Gasteiger charge is 2.27. The summed E-state index contributed by atoms with van der Waals surface area (Å²) in [5, 5.41) is 4.69. The summed E-state index contributed by atoms with van der Waals surface area (Å²) in [7, 11) is -3.88. The maximum Gasteiger partial charge on any atom is 0.243 e. The number of nitrogens with zero attached hydrogens (tertiary/aromatic N) is 2. The summed E-state index contributed by atoms with van der Waals surface area (Å²) in [5.41, 5.74) is 3.97. The molecule has 0 radical (unpaired) electrons. The molecule has 1 aromatic heterocycles. The highest BCUT2D eigenvalue weighted by atomic mass is 35.5. The van der Waals surface area contributed by atoms with Gasteiger partial charge in [-0.25, -0.2) is 13.8 Å². The number of nitrogens with one attached hydrogen (secondary N) is 1. The molecule has 0 bridgehead atoms. The smallest absolute Gasteiger partial charge is 0.243 e. The first-order valence-electron chi connectivity index (χ1n) is 10.5. The van der Waals surface area contributed by atoms with Crippen molar-refractivity contribution >= 4 is 45.3 Å². The van der Waals surface area contributed by atoms with Crippen molar-refractivity contribution in [2.75, 3.05) is 0 Å². The summed E-state index contributed by atoms with van der Waals surface area (Å²) in [4.78, 5) is 11.8. The number of furan rings is 1. The van der Waals surface area contributed by atoms with Crippen LogP contribution in [0.1, 0.15) is 36.5 Å². The normalized spacial score (nSPS) is 12.1. The molecule has 3 aromatic rings. The second kappa shape index (κ2) is 11.2. The number of benzene rings is 2. The van der Waals surface area contributed by atoms with Crippen molar-refractivity contribution in [1.82, 2.24) is 9.73 Å². The average Bonchev–Trinajstić information content (AvgIpc) is 3.22. The minimum atomic E-state index is -3.88. The van der Waals surface area contributed by atoms with Crippen molar-refractivity contribution in [3.8, 4) is 0 Å². The van der Waals surface area contributed by atoms with Crippen LogP contribution in [-0.2, 0) is 27.9 Å². The number of halogens is 2. The van der Waals surface area contributed by atoms with E-state index in [4.69, 9.17) is 27.6 Å². The highest BCUT2D eigenvalue weighted by molar-refractivity contribution is 7.89. The molecule has 0 spiro atoms. The van der Waals surface area contributed by atoms with Crippen LogP contribution in [0.15, 0.2) is 69.0 Å². The second-order valence-corrected chi connectivity index (χ2v) is 10.8. The molecule has 1 heterocycles. The predicted octanol–water partition coefficient (Wildman–Crippen LogP) is 5.39. The molecule has 10 heteroatoms. The van der Waals surface area contributed by atoms with Gasteiger partial charge in [-0.1, -0.05) is 60.8 Å². The lowest BCUT2D eigenvalue weighted by Gasteiger charge is -2.22. The number of hydrogen-bond donors (Lipinski definition) is 1. The molecule has 0 unspecified atom stereocenters. The number of carbonyl (C=O) groups excluding carboxylic acids is 1. The summed E-state index contributed by atoms with van der Waals surface area (Å²) in [6.45, 7) is 5.37. The van der Waals surface area contributed by atoms with Crippen molar-refractivity contribution in [2.24, 2.45) is 11.0 Å². The Bertz CT molecular complexity index is 1290. The van der Waals surface area contributed by atoms with Gasteiger partial charge in [0.1, 0.15) is 11.5 Å². The van der Waals surface area contributed by atoms with Crippen LogP contribution in [-0.4, -0.2) is 24.8 Å². The molecular weight excluding hydrogens is 497 g/mol. The van der Waals surface area contributed by atoms with Crippen LogP contribution in [0.25, 0.3) is 0 Å². The van der Waals surface area contributed by atoms with Crippen molar-refractivity contribution in [2.45, 2.75) is 38.8 Å². The Balaban J connectivity index is 1.87. The Morgan fingerprint density at radius 3 is 2.44 bits per heavy atom. The fourth-order valence-corrected chi connectivity index (χ4v) is 4.79. The molecule has 0 atom stereocenters. The van der Waals surface area contributed by atoms with Crippen LogP contribution in [0.4, 0.5) is 0 Å².